The molecule has 0 radical (unpaired) electrons. The van der Waals surface area contributed by atoms with Gasteiger partial charge >= 0.3 is 11.9 Å². The highest BCUT2D eigenvalue weighted by Crippen LogP contribution is 2.29. The zero-order chi connectivity index (χ0) is 25.9. The Morgan fingerprint density at radius 1 is 0.914 bits per heavy atom. The second-order valence-corrected chi connectivity index (χ2v) is 8.58. The normalized spacial score (nSPS) is 14.5. The van der Waals surface area contributed by atoms with Crippen LogP contribution in [0.2, 0.25) is 0 Å². The number of aliphatic carboxylic acids is 2. The van der Waals surface area contributed by atoms with Gasteiger partial charge in [-0.2, -0.15) is 0 Å². The second-order valence-electron chi connectivity index (χ2n) is 8.58. The largest absolute Gasteiger partial charge is 0.481 e. The number of nitrogens with one attached hydrogen (secondary N) is 3. The number of amides is 1. The summed E-state index contributed by atoms with van der Waals surface area (Å²) in [6, 6.07) is 0. The number of allylic oxidation sites excluding steroid dienone is 1. The van der Waals surface area contributed by atoms with Crippen LogP contribution in [0.4, 0.5) is 0 Å². The molecule has 0 aromatic carbocycles. The summed E-state index contributed by atoms with van der Waals surface area (Å²) in [5, 5.41) is 21.2. The van der Waals surface area contributed by atoms with E-state index < -0.39 is 11.9 Å². The molecule has 9 nitrogen and oxygen atoms in total. The standard InChI is InChI=1S/C26H29N3O6/c1-5-16-15(4)26(35)29-20(16)10-19-13(2)17(6-8-24(31)32)21(27-19)11-22-18(7-9-25(33)34)14(3)23(12-30)28-22/h5,10,12,27-28H,1,6-9,11H2,2-4H3,(H,29,35)(H,31,32)(H,33,34)/b20-10-. The molecule has 0 spiro atoms. The van der Waals surface area contributed by atoms with Gasteiger partial charge in [-0.05, 0) is 61.9 Å². The van der Waals surface area contributed by atoms with Crippen LogP contribution in [-0.4, -0.2) is 44.3 Å². The fourth-order valence-corrected chi connectivity index (χ4v) is 4.45. The molecule has 1 aliphatic rings. The number of carboxylic acid groups (broad SMARTS) is 2. The second kappa shape index (κ2) is 10.4. The first-order valence-corrected chi connectivity index (χ1v) is 11.2. The third-order valence-corrected chi connectivity index (χ3v) is 6.44. The molecular weight excluding hydrogens is 450 g/mol. The maximum Gasteiger partial charge on any atom is 0.303 e. The van der Waals surface area contributed by atoms with E-state index in [9.17, 15) is 24.3 Å². The van der Waals surface area contributed by atoms with Crippen LogP contribution in [0.15, 0.2) is 29.5 Å². The maximum atomic E-state index is 12.1. The average Bonchev–Trinajstić information content (AvgIpc) is 3.36. The smallest absolute Gasteiger partial charge is 0.303 e. The van der Waals surface area contributed by atoms with Gasteiger partial charge in [0.15, 0.2) is 6.29 Å². The Labute approximate surface area is 202 Å². The Hall–Kier alpha value is -4.14. The number of H-pyrrole nitrogens is 2. The number of aromatic amines is 2. The Morgan fingerprint density at radius 2 is 1.43 bits per heavy atom. The van der Waals surface area contributed by atoms with Crippen molar-refractivity contribution in [1.82, 2.24) is 15.3 Å². The van der Waals surface area contributed by atoms with Gasteiger partial charge in [0, 0.05) is 47.5 Å². The van der Waals surface area contributed by atoms with E-state index in [2.05, 4.69) is 21.9 Å². The minimum Gasteiger partial charge on any atom is -0.481 e. The summed E-state index contributed by atoms with van der Waals surface area (Å²) in [5.41, 5.74) is 7.59. The van der Waals surface area contributed by atoms with Crippen LogP contribution in [0, 0.1) is 13.8 Å². The quantitative estimate of drug-likeness (QED) is 0.312. The number of carbonyl (C=O) groups is 4. The van der Waals surface area contributed by atoms with E-state index in [1.54, 1.807) is 26.0 Å². The third-order valence-electron chi connectivity index (χ3n) is 6.44. The van der Waals surface area contributed by atoms with Gasteiger partial charge in [0.05, 0.1) is 11.4 Å². The van der Waals surface area contributed by atoms with Crippen LogP contribution in [-0.2, 0) is 33.6 Å². The third kappa shape index (κ3) is 5.34. The molecular formula is C26H29N3O6. The summed E-state index contributed by atoms with van der Waals surface area (Å²) >= 11 is 0. The number of hydrogen-bond acceptors (Lipinski definition) is 4. The molecule has 5 N–H and O–H groups in total. The summed E-state index contributed by atoms with van der Waals surface area (Å²) in [6.07, 6.45) is 4.86. The molecule has 35 heavy (non-hydrogen) atoms. The van der Waals surface area contributed by atoms with Crippen LogP contribution in [0.5, 0.6) is 0 Å². The van der Waals surface area contributed by atoms with Crippen molar-refractivity contribution in [2.45, 2.75) is 52.9 Å². The molecule has 0 aliphatic carbocycles. The van der Waals surface area contributed by atoms with Crippen LogP contribution in [0.1, 0.15) is 69.6 Å². The number of hydrogen-bond donors (Lipinski definition) is 5. The van der Waals surface area contributed by atoms with E-state index in [-0.39, 0.29) is 31.6 Å². The van der Waals surface area contributed by atoms with Crippen molar-refractivity contribution in [2.75, 3.05) is 0 Å². The SMILES string of the molecule is C=CC1=C(C)C(=O)N/C1=C\c1[nH]c(Cc2[nH]c(C=O)c(C)c2CCC(=O)O)c(CCC(=O)O)c1C. The molecule has 3 heterocycles. The first-order valence-electron chi connectivity index (χ1n) is 11.2. The van der Waals surface area contributed by atoms with Crippen LogP contribution in [0.25, 0.3) is 6.08 Å². The molecule has 0 unspecified atom stereocenters. The fourth-order valence-electron chi connectivity index (χ4n) is 4.45. The lowest BCUT2D eigenvalue weighted by molar-refractivity contribution is -0.138. The highest BCUT2D eigenvalue weighted by atomic mass is 16.4. The molecule has 1 aliphatic heterocycles. The lowest BCUT2D eigenvalue weighted by Gasteiger charge is -2.07. The van der Waals surface area contributed by atoms with Crippen LogP contribution in [0.3, 0.4) is 0 Å². The summed E-state index contributed by atoms with van der Waals surface area (Å²) in [4.78, 5) is 52.6. The van der Waals surface area contributed by atoms with Gasteiger partial charge in [-0.1, -0.05) is 12.7 Å². The summed E-state index contributed by atoms with van der Waals surface area (Å²) < 4.78 is 0. The number of carbonyl (C=O) groups excluding carboxylic acids is 2. The van der Waals surface area contributed by atoms with Gasteiger partial charge in [-0.3, -0.25) is 19.2 Å². The molecule has 184 valence electrons. The number of carboxylic acids is 2. The molecule has 0 saturated carbocycles. The van der Waals surface area contributed by atoms with Crippen molar-refractivity contribution in [3.05, 3.63) is 74.5 Å². The first kappa shape index (κ1) is 25.5. The zero-order valence-corrected chi connectivity index (χ0v) is 20.0. The molecule has 2 aromatic rings. The van der Waals surface area contributed by atoms with Crippen molar-refractivity contribution in [2.24, 2.45) is 0 Å². The molecule has 0 bridgehead atoms. The van der Waals surface area contributed by atoms with Gasteiger partial charge in [0.2, 0.25) is 0 Å². The van der Waals surface area contributed by atoms with Gasteiger partial charge in [0.25, 0.3) is 5.91 Å². The van der Waals surface area contributed by atoms with Gasteiger partial charge in [0.1, 0.15) is 0 Å². The summed E-state index contributed by atoms with van der Waals surface area (Å²) in [7, 11) is 0. The highest BCUT2D eigenvalue weighted by molar-refractivity contribution is 6.01. The molecule has 0 atom stereocenters. The fraction of sp³-hybridized carbons (Fsp3) is 0.308. The van der Waals surface area contributed by atoms with E-state index in [1.807, 2.05) is 6.92 Å². The van der Waals surface area contributed by atoms with Crippen molar-refractivity contribution in [1.29, 1.82) is 0 Å². The Balaban J connectivity index is 2.07. The van der Waals surface area contributed by atoms with E-state index in [1.165, 1.54) is 0 Å². The highest BCUT2D eigenvalue weighted by Gasteiger charge is 2.24. The van der Waals surface area contributed by atoms with Crippen molar-refractivity contribution >= 4 is 30.2 Å². The Bertz CT molecular complexity index is 1290. The molecule has 1 amide bonds. The summed E-state index contributed by atoms with van der Waals surface area (Å²) in [6.45, 7) is 9.16. The summed E-state index contributed by atoms with van der Waals surface area (Å²) in [5.74, 6) is -2.06. The van der Waals surface area contributed by atoms with Crippen LogP contribution >= 0.6 is 0 Å². The van der Waals surface area contributed by atoms with E-state index in [0.29, 0.717) is 46.5 Å². The topological polar surface area (TPSA) is 152 Å². The lowest BCUT2D eigenvalue weighted by atomic mass is 9.98. The van der Waals surface area contributed by atoms with E-state index in [4.69, 9.17) is 5.11 Å². The monoisotopic (exact) mass is 479 g/mol. The maximum absolute atomic E-state index is 12.1. The molecule has 0 fully saturated rings. The molecule has 0 saturated heterocycles. The predicted molar refractivity (Wildman–Crippen MR) is 130 cm³/mol. The molecule has 9 heteroatoms. The molecule has 3 rings (SSSR count). The number of aldehydes is 1. The first-order chi connectivity index (χ1) is 16.6. The number of rotatable bonds is 11. The van der Waals surface area contributed by atoms with Gasteiger partial charge < -0.3 is 25.5 Å². The zero-order valence-electron chi connectivity index (χ0n) is 20.0. The average molecular weight is 480 g/mol. The minimum absolute atomic E-state index is 0.0649. The minimum atomic E-state index is -0.934. The predicted octanol–water partition coefficient (Wildman–Crippen LogP) is 3.37. The molecule has 2 aromatic heterocycles. The van der Waals surface area contributed by atoms with Crippen molar-refractivity contribution in [3.8, 4) is 0 Å². The Morgan fingerprint density at radius 3 is 1.91 bits per heavy atom. The van der Waals surface area contributed by atoms with Crippen LogP contribution < -0.4 is 5.32 Å². The number of aromatic nitrogens is 2. The lowest BCUT2D eigenvalue weighted by Crippen LogP contribution is -2.15. The van der Waals surface area contributed by atoms with Crippen molar-refractivity contribution < 1.29 is 29.4 Å². The Kier molecular flexibility index (Phi) is 7.58. The van der Waals surface area contributed by atoms with Gasteiger partial charge in [-0.25, -0.2) is 0 Å². The van der Waals surface area contributed by atoms with E-state index >= 15 is 0 Å². The van der Waals surface area contributed by atoms with E-state index in [0.717, 1.165) is 28.1 Å². The van der Waals surface area contributed by atoms with Crippen molar-refractivity contribution in [3.63, 3.8) is 0 Å². The van der Waals surface area contributed by atoms with Gasteiger partial charge in [-0.15, -0.1) is 0 Å².